The number of benzene rings is 3. The van der Waals surface area contributed by atoms with Crippen molar-refractivity contribution in [3.05, 3.63) is 70.3 Å². The smallest absolute Gasteiger partial charge is 0.405 e. The number of carbonyl (C=O) groups is 2. The summed E-state index contributed by atoms with van der Waals surface area (Å²) in [5, 5.41) is 5.42. The molecule has 3 aliphatic heterocycles. The van der Waals surface area contributed by atoms with Gasteiger partial charge in [-0.05, 0) is 95.4 Å². The van der Waals surface area contributed by atoms with Gasteiger partial charge in [0, 0.05) is 31.9 Å². The number of nitrogens with one attached hydrogen (secondary N) is 1. The maximum absolute atomic E-state index is 15.7. The van der Waals surface area contributed by atoms with Gasteiger partial charge in [0.2, 0.25) is 5.43 Å². The molecule has 2 saturated heterocycles. The highest BCUT2D eigenvalue weighted by atomic mass is 19.1. The van der Waals surface area contributed by atoms with Gasteiger partial charge in [-0.3, -0.25) is 9.59 Å². The Bertz CT molecular complexity index is 1910. The highest BCUT2D eigenvalue weighted by molar-refractivity contribution is 6.02. The summed E-state index contributed by atoms with van der Waals surface area (Å²) in [4.78, 5) is 41.2. The predicted molar refractivity (Wildman–Crippen MR) is 181 cm³/mol. The van der Waals surface area contributed by atoms with E-state index in [0.29, 0.717) is 42.6 Å². The Hall–Kier alpha value is -4.64. The molecule has 2 fully saturated rings. The van der Waals surface area contributed by atoms with Crippen molar-refractivity contribution < 1.29 is 23.5 Å². The molecular weight excluding hydrogens is 601 g/mol. The van der Waals surface area contributed by atoms with Crippen LogP contribution in [-0.2, 0) is 4.74 Å². The van der Waals surface area contributed by atoms with Crippen molar-refractivity contribution in [2.24, 2.45) is 5.73 Å². The summed E-state index contributed by atoms with van der Waals surface area (Å²) < 4.78 is 28.6. The number of primary amides is 1. The maximum atomic E-state index is 15.7. The highest BCUT2D eigenvalue weighted by Crippen LogP contribution is 2.46. The van der Waals surface area contributed by atoms with Crippen LogP contribution in [0.5, 0.6) is 11.5 Å². The lowest BCUT2D eigenvalue weighted by atomic mass is 10.0. The normalized spacial score (nSPS) is 17.2. The molecular formula is C36H42FN5O5. The number of pyridine rings is 1. The lowest BCUT2D eigenvalue weighted by Crippen LogP contribution is -2.33. The number of fused-ring (bicyclic) bond motifs is 3. The molecule has 4 heterocycles. The van der Waals surface area contributed by atoms with Crippen molar-refractivity contribution in [3.8, 4) is 17.2 Å². The number of likely N-dealkylation sites (tertiary alicyclic amines) is 2. The van der Waals surface area contributed by atoms with E-state index in [1.807, 2.05) is 41.0 Å². The van der Waals surface area contributed by atoms with Crippen molar-refractivity contribution in [2.75, 3.05) is 38.5 Å². The van der Waals surface area contributed by atoms with Crippen LogP contribution in [0, 0.1) is 5.82 Å². The van der Waals surface area contributed by atoms with Gasteiger partial charge in [0.05, 0.1) is 11.1 Å². The monoisotopic (exact) mass is 643 g/mol. The number of hydrogen-bond donors (Lipinski definition) is 2. The van der Waals surface area contributed by atoms with Gasteiger partial charge in [-0.2, -0.15) is 0 Å². The largest absolute Gasteiger partial charge is 0.451 e. The first-order valence-electron chi connectivity index (χ1n) is 16.3. The third-order valence-electron chi connectivity index (χ3n) is 8.98. The first kappa shape index (κ1) is 32.3. The molecule has 7 rings (SSSR count). The molecule has 1 aromatic heterocycles. The molecule has 248 valence electrons. The van der Waals surface area contributed by atoms with Gasteiger partial charge in [0.1, 0.15) is 22.4 Å². The maximum Gasteiger partial charge on any atom is 0.405 e. The van der Waals surface area contributed by atoms with E-state index in [1.165, 1.54) is 12.5 Å². The van der Waals surface area contributed by atoms with Gasteiger partial charge in [-0.25, -0.2) is 9.18 Å². The van der Waals surface area contributed by atoms with Gasteiger partial charge < -0.3 is 34.9 Å². The molecule has 4 aromatic rings. The van der Waals surface area contributed by atoms with Crippen LogP contribution in [0.3, 0.4) is 0 Å². The number of rotatable bonds is 5. The van der Waals surface area contributed by atoms with Gasteiger partial charge >= 0.3 is 6.09 Å². The summed E-state index contributed by atoms with van der Waals surface area (Å²) in [7, 11) is 2.13. The zero-order valence-electron chi connectivity index (χ0n) is 27.4. The number of anilines is 1. The topological polar surface area (TPSA) is 119 Å². The van der Waals surface area contributed by atoms with E-state index < -0.39 is 22.9 Å². The fourth-order valence-electron chi connectivity index (χ4n) is 6.72. The number of carbonyl (C=O) groups excluding carboxylic acids is 2. The van der Waals surface area contributed by atoms with Gasteiger partial charge in [0.15, 0.2) is 17.3 Å². The van der Waals surface area contributed by atoms with Gasteiger partial charge in [0.25, 0.3) is 5.91 Å². The first-order valence-corrected chi connectivity index (χ1v) is 16.3. The van der Waals surface area contributed by atoms with Crippen LogP contribution < -0.4 is 21.2 Å². The fourth-order valence-corrected chi connectivity index (χ4v) is 6.72. The van der Waals surface area contributed by atoms with Gasteiger partial charge in [-0.1, -0.05) is 24.3 Å². The van der Waals surface area contributed by atoms with Crippen LogP contribution >= 0.6 is 0 Å². The zero-order chi connectivity index (χ0) is 33.5. The number of nitrogens with zero attached hydrogens (tertiary/aromatic N) is 3. The van der Waals surface area contributed by atoms with Crippen molar-refractivity contribution in [3.63, 3.8) is 0 Å². The van der Waals surface area contributed by atoms with E-state index in [2.05, 4.69) is 22.0 Å². The predicted octanol–water partition coefficient (Wildman–Crippen LogP) is 6.40. The number of halogens is 1. The summed E-state index contributed by atoms with van der Waals surface area (Å²) in [6, 6.07) is 13.6. The second kappa shape index (κ2) is 12.9. The van der Waals surface area contributed by atoms with Crippen molar-refractivity contribution >= 4 is 39.4 Å². The lowest BCUT2D eigenvalue weighted by Gasteiger charge is -2.27. The molecule has 0 radical (unpaired) electrons. The summed E-state index contributed by atoms with van der Waals surface area (Å²) in [5.74, 6) is -0.0301. The van der Waals surface area contributed by atoms with Crippen LogP contribution in [0.15, 0.2) is 53.5 Å². The number of hydrogen-bond acceptors (Lipinski definition) is 7. The second-order valence-electron chi connectivity index (χ2n) is 13.5. The number of amides is 2. The molecule has 1 unspecified atom stereocenters. The van der Waals surface area contributed by atoms with Crippen LogP contribution in [0.2, 0.25) is 0 Å². The minimum Gasteiger partial charge on any atom is -0.451 e. The molecule has 3 aliphatic rings. The SMILES string of the molecule is CC(C)(C)OC(N)=O.CN1CCCC1CCNc1c(F)cc2c(=O)c(C(=O)N3CCCC3)cn3c2c1Oc1cc2ccccc2cc1-3. The Balaban J connectivity index is 0.000000431. The first-order chi connectivity index (χ1) is 22.4. The Morgan fingerprint density at radius 3 is 2.38 bits per heavy atom. The molecule has 3 N–H and O–H groups in total. The Morgan fingerprint density at radius 2 is 1.77 bits per heavy atom. The average Bonchev–Trinajstić information content (AvgIpc) is 3.70. The quantitative estimate of drug-likeness (QED) is 0.228. The van der Waals surface area contributed by atoms with E-state index in [9.17, 15) is 14.4 Å². The van der Waals surface area contributed by atoms with Crippen LogP contribution in [0.1, 0.15) is 63.2 Å². The molecule has 3 aromatic carbocycles. The minimum absolute atomic E-state index is 0.0562. The van der Waals surface area contributed by atoms with Gasteiger partial charge in [-0.15, -0.1) is 0 Å². The van der Waals surface area contributed by atoms with E-state index in [0.717, 1.165) is 43.0 Å². The third-order valence-corrected chi connectivity index (χ3v) is 8.98. The molecule has 0 saturated carbocycles. The number of nitrogens with two attached hydrogens (primary N) is 1. The minimum atomic E-state index is -0.725. The van der Waals surface area contributed by atoms with E-state index >= 15 is 4.39 Å². The van der Waals surface area contributed by atoms with Crippen molar-refractivity contribution in [1.82, 2.24) is 14.4 Å². The molecule has 0 aliphatic carbocycles. The fraction of sp³-hybridized carbons (Fsp3) is 0.417. The van der Waals surface area contributed by atoms with Crippen molar-refractivity contribution in [2.45, 2.75) is 64.5 Å². The standard InChI is InChI=1S/C31H31FN4O3.C5H11NO2/c1-34-12-6-9-21(34)10-11-33-27-24(32)17-22-28-30(27)39-26-16-20-8-3-2-7-19(20)15-25(26)36(28)18-23(29(22)37)31(38)35-13-4-5-14-35;1-5(2,3)8-4(6)7/h2-3,7-8,15-18,21,33H,4-6,9-14H2,1H3;1-3H3,(H2,6,7). The molecule has 11 heteroatoms. The molecule has 0 bridgehead atoms. The molecule has 2 amide bonds. The number of aromatic nitrogens is 1. The molecule has 10 nitrogen and oxygen atoms in total. The van der Waals surface area contributed by atoms with E-state index in [1.54, 1.807) is 31.9 Å². The Labute approximate surface area is 273 Å². The summed E-state index contributed by atoms with van der Waals surface area (Å²) >= 11 is 0. The third kappa shape index (κ3) is 6.62. The molecule has 0 spiro atoms. The van der Waals surface area contributed by atoms with E-state index in [4.69, 9.17) is 10.5 Å². The summed E-state index contributed by atoms with van der Waals surface area (Å²) in [5.41, 5.74) is 5.29. The highest BCUT2D eigenvalue weighted by Gasteiger charge is 2.31. The second-order valence-corrected chi connectivity index (χ2v) is 13.5. The lowest BCUT2D eigenvalue weighted by molar-refractivity contribution is 0.0599. The zero-order valence-corrected chi connectivity index (χ0v) is 27.4. The van der Waals surface area contributed by atoms with Crippen LogP contribution in [0.25, 0.3) is 27.4 Å². The average molecular weight is 644 g/mol. The van der Waals surface area contributed by atoms with Crippen LogP contribution in [-0.4, -0.2) is 71.2 Å². The summed E-state index contributed by atoms with van der Waals surface area (Å²) in [6.07, 6.45) is 5.93. The van der Waals surface area contributed by atoms with Crippen LogP contribution in [0.4, 0.5) is 14.9 Å². The molecule has 47 heavy (non-hydrogen) atoms. The number of ether oxygens (including phenoxy) is 2. The molecule has 1 atom stereocenters. The van der Waals surface area contributed by atoms with E-state index in [-0.39, 0.29) is 28.3 Å². The Morgan fingerprint density at radius 1 is 1.06 bits per heavy atom. The summed E-state index contributed by atoms with van der Waals surface area (Å²) in [6.45, 7) is 8.19. The Kier molecular flexibility index (Phi) is 8.84. The van der Waals surface area contributed by atoms with Crippen molar-refractivity contribution in [1.29, 1.82) is 0 Å².